The van der Waals surface area contributed by atoms with E-state index in [9.17, 15) is 9.59 Å². The van der Waals surface area contributed by atoms with E-state index in [0.717, 1.165) is 35.9 Å². The number of rotatable bonds is 6. The molecule has 0 saturated heterocycles. The summed E-state index contributed by atoms with van der Waals surface area (Å²) >= 11 is 1.38. The molecule has 2 N–H and O–H groups in total. The number of urea groups is 1. The van der Waals surface area contributed by atoms with Crippen molar-refractivity contribution in [2.45, 2.75) is 57.5 Å². The predicted octanol–water partition coefficient (Wildman–Crippen LogP) is 2.24. The molecule has 0 aliphatic carbocycles. The molecule has 7 heteroatoms. The fourth-order valence-corrected chi connectivity index (χ4v) is 2.81. The normalized spacial score (nSPS) is 12.0. The molecule has 1 heterocycles. The van der Waals surface area contributed by atoms with Crippen LogP contribution < -0.4 is 10.6 Å². The van der Waals surface area contributed by atoms with Crippen LogP contribution in [0.2, 0.25) is 0 Å². The molecule has 0 bridgehead atoms. The summed E-state index contributed by atoms with van der Waals surface area (Å²) in [5, 5.41) is 5.10. The van der Waals surface area contributed by atoms with Crippen LogP contribution in [0.4, 0.5) is 4.79 Å². The maximum Gasteiger partial charge on any atom is 0.321 e. The molecule has 0 radical (unpaired) electrons. The lowest BCUT2D eigenvalue weighted by molar-refractivity contribution is -0.119. The Balaban J connectivity index is 2.79. The van der Waals surface area contributed by atoms with Gasteiger partial charge < -0.3 is 9.88 Å². The van der Waals surface area contributed by atoms with Crippen LogP contribution in [0.15, 0.2) is 5.16 Å². The highest BCUT2D eigenvalue weighted by atomic mass is 32.2. The number of hydrogen-bond acceptors (Lipinski definition) is 4. The van der Waals surface area contributed by atoms with Crippen molar-refractivity contribution in [1.82, 2.24) is 20.2 Å². The minimum absolute atomic E-state index is 0.320. The van der Waals surface area contributed by atoms with E-state index < -0.39 is 6.03 Å². The van der Waals surface area contributed by atoms with Gasteiger partial charge in [0.25, 0.3) is 0 Å². The van der Waals surface area contributed by atoms with Crippen LogP contribution >= 0.6 is 11.8 Å². The average Bonchev–Trinajstić information content (AvgIpc) is 2.71. The predicted molar refractivity (Wildman–Crippen MR) is 84.5 cm³/mol. The van der Waals surface area contributed by atoms with Gasteiger partial charge in [-0.05, 0) is 27.2 Å². The third-order valence-electron chi connectivity index (χ3n) is 3.27. The maximum absolute atomic E-state index is 11.9. The molecule has 0 aromatic carbocycles. The molecular formula is C14H24N4O2S. The third-order valence-corrected chi connectivity index (χ3v) is 4.36. The summed E-state index contributed by atoms with van der Waals surface area (Å²) in [6, 6.07) is -0.492. The molecule has 6 nitrogen and oxygen atoms in total. The highest BCUT2D eigenvalue weighted by molar-refractivity contribution is 8.00. The Morgan fingerprint density at radius 2 is 2.05 bits per heavy atom. The standard InChI is InChI=1S/C14H24N4O2S/c1-6-7-8-18-10(3)9(2)16-14(18)21-11(4)12(19)17-13(20)15-5/h11H,6-8H2,1-5H3,(H2,15,17,19,20). The van der Waals surface area contributed by atoms with Crippen LogP contribution in [-0.4, -0.2) is 33.8 Å². The van der Waals surface area contributed by atoms with Crippen LogP contribution in [0.3, 0.4) is 0 Å². The second kappa shape index (κ2) is 8.07. The van der Waals surface area contributed by atoms with Crippen molar-refractivity contribution in [3.63, 3.8) is 0 Å². The van der Waals surface area contributed by atoms with Crippen molar-refractivity contribution >= 4 is 23.7 Å². The second-order valence-corrected chi connectivity index (χ2v) is 6.21. The fourth-order valence-electron chi connectivity index (χ4n) is 1.78. The number of nitrogens with one attached hydrogen (secondary N) is 2. The highest BCUT2D eigenvalue weighted by Gasteiger charge is 2.20. The molecule has 0 spiro atoms. The zero-order valence-corrected chi connectivity index (χ0v) is 14.1. The van der Waals surface area contributed by atoms with E-state index in [1.54, 1.807) is 6.92 Å². The molecule has 118 valence electrons. The van der Waals surface area contributed by atoms with Gasteiger partial charge in [-0.15, -0.1) is 0 Å². The fraction of sp³-hybridized carbons (Fsp3) is 0.643. The van der Waals surface area contributed by atoms with Crippen molar-refractivity contribution in [2.24, 2.45) is 0 Å². The zero-order valence-electron chi connectivity index (χ0n) is 13.3. The van der Waals surface area contributed by atoms with Crippen LogP contribution in [0.1, 0.15) is 38.1 Å². The number of imide groups is 1. The smallest absolute Gasteiger partial charge is 0.321 e. The highest BCUT2D eigenvalue weighted by Crippen LogP contribution is 2.25. The van der Waals surface area contributed by atoms with Gasteiger partial charge in [-0.3, -0.25) is 10.1 Å². The molecule has 0 aliphatic heterocycles. The minimum atomic E-state index is -0.492. The Morgan fingerprint density at radius 3 is 2.62 bits per heavy atom. The van der Waals surface area contributed by atoms with E-state index in [2.05, 4.69) is 27.1 Å². The molecule has 0 fully saturated rings. The summed E-state index contributed by atoms with van der Waals surface area (Å²) in [7, 11) is 1.48. The van der Waals surface area contributed by atoms with Crippen LogP contribution in [0.5, 0.6) is 0 Å². The van der Waals surface area contributed by atoms with Gasteiger partial charge in [-0.25, -0.2) is 9.78 Å². The SMILES string of the molecule is CCCCn1c(SC(C)C(=O)NC(=O)NC)nc(C)c1C. The number of aryl methyl sites for hydroxylation is 1. The molecule has 0 saturated carbocycles. The average molecular weight is 312 g/mol. The Labute approximate surface area is 130 Å². The van der Waals surface area contributed by atoms with Crippen molar-refractivity contribution in [3.05, 3.63) is 11.4 Å². The molecule has 1 aromatic heterocycles. The number of imidazole rings is 1. The first-order chi connectivity index (χ1) is 9.90. The minimum Gasteiger partial charge on any atom is -0.341 e. The van der Waals surface area contributed by atoms with Crippen molar-refractivity contribution in [1.29, 1.82) is 0 Å². The van der Waals surface area contributed by atoms with Crippen molar-refractivity contribution in [2.75, 3.05) is 7.05 Å². The quantitative estimate of drug-likeness (QED) is 0.790. The summed E-state index contributed by atoms with van der Waals surface area (Å²) in [6.07, 6.45) is 2.18. The Kier molecular flexibility index (Phi) is 6.74. The van der Waals surface area contributed by atoms with E-state index in [0.29, 0.717) is 0 Å². The van der Waals surface area contributed by atoms with Crippen LogP contribution in [-0.2, 0) is 11.3 Å². The molecular weight excluding hydrogens is 288 g/mol. The van der Waals surface area contributed by atoms with Gasteiger partial charge in [0.15, 0.2) is 5.16 Å². The summed E-state index contributed by atoms with van der Waals surface area (Å²) in [5.41, 5.74) is 2.11. The van der Waals surface area contributed by atoms with E-state index >= 15 is 0 Å². The number of unbranched alkanes of at least 4 members (excludes halogenated alkanes) is 1. The maximum atomic E-state index is 11.9. The van der Waals surface area contributed by atoms with Crippen LogP contribution in [0.25, 0.3) is 0 Å². The number of carbonyl (C=O) groups is 2. The van der Waals surface area contributed by atoms with E-state index in [4.69, 9.17) is 0 Å². The van der Waals surface area contributed by atoms with Gasteiger partial charge in [-0.2, -0.15) is 0 Å². The van der Waals surface area contributed by atoms with Gasteiger partial charge in [0.05, 0.1) is 10.9 Å². The number of carbonyl (C=O) groups excluding carboxylic acids is 2. The molecule has 21 heavy (non-hydrogen) atoms. The molecule has 1 aromatic rings. The molecule has 3 amide bonds. The zero-order chi connectivity index (χ0) is 16.0. The Bertz CT molecular complexity index is 513. The van der Waals surface area contributed by atoms with Gasteiger partial charge >= 0.3 is 6.03 Å². The molecule has 1 rings (SSSR count). The number of aromatic nitrogens is 2. The summed E-state index contributed by atoms with van der Waals surface area (Å²) in [6.45, 7) is 8.82. The first-order valence-electron chi connectivity index (χ1n) is 7.13. The monoisotopic (exact) mass is 312 g/mol. The summed E-state index contributed by atoms with van der Waals surface area (Å²) < 4.78 is 2.15. The van der Waals surface area contributed by atoms with Crippen LogP contribution in [0, 0.1) is 13.8 Å². The topological polar surface area (TPSA) is 76.0 Å². The Hall–Kier alpha value is -1.50. The van der Waals surface area contributed by atoms with Gasteiger partial charge in [0.2, 0.25) is 5.91 Å². The number of thioether (sulfide) groups is 1. The summed E-state index contributed by atoms with van der Waals surface area (Å²) in [5.74, 6) is -0.320. The molecule has 1 unspecified atom stereocenters. The summed E-state index contributed by atoms with van der Waals surface area (Å²) in [4.78, 5) is 27.6. The lowest BCUT2D eigenvalue weighted by Crippen LogP contribution is -2.41. The van der Waals surface area contributed by atoms with Gasteiger partial charge in [0.1, 0.15) is 0 Å². The van der Waals surface area contributed by atoms with E-state index in [1.165, 1.54) is 18.8 Å². The largest absolute Gasteiger partial charge is 0.341 e. The number of amides is 3. The lowest BCUT2D eigenvalue weighted by atomic mass is 10.3. The molecule has 0 aliphatic rings. The van der Waals surface area contributed by atoms with Crippen molar-refractivity contribution in [3.8, 4) is 0 Å². The lowest BCUT2D eigenvalue weighted by Gasteiger charge is -2.13. The third kappa shape index (κ3) is 4.77. The first-order valence-corrected chi connectivity index (χ1v) is 8.01. The second-order valence-electron chi connectivity index (χ2n) is 4.90. The van der Waals surface area contributed by atoms with Gasteiger partial charge in [0, 0.05) is 19.3 Å². The van der Waals surface area contributed by atoms with Crippen molar-refractivity contribution < 1.29 is 9.59 Å². The number of hydrogen-bond donors (Lipinski definition) is 2. The van der Waals surface area contributed by atoms with E-state index in [-0.39, 0.29) is 11.2 Å². The number of nitrogens with zero attached hydrogens (tertiary/aromatic N) is 2. The Morgan fingerprint density at radius 1 is 1.38 bits per heavy atom. The van der Waals surface area contributed by atoms with E-state index in [1.807, 2.05) is 13.8 Å². The first kappa shape index (κ1) is 17.6. The van der Waals surface area contributed by atoms with Gasteiger partial charge in [-0.1, -0.05) is 25.1 Å². The molecule has 1 atom stereocenters.